The average Bonchev–Trinajstić information content (AvgIpc) is 3.03. The lowest BCUT2D eigenvalue weighted by Gasteiger charge is -2.34. The molecular weight excluding hydrogens is 270 g/mol. The fraction of sp³-hybridized carbons (Fsp3) is 0.562. The van der Waals surface area contributed by atoms with Gasteiger partial charge in [0.05, 0.1) is 18.8 Å². The number of phenolic OH excluding ortho intramolecular Hbond substituents is 1. The lowest BCUT2D eigenvalue weighted by Crippen LogP contribution is -2.43. The molecular formula is C16H21NO4. The van der Waals surface area contributed by atoms with Crippen molar-refractivity contribution in [1.82, 2.24) is 4.90 Å². The summed E-state index contributed by atoms with van der Waals surface area (Å²) in [7, 11) is 0. The first-order valence-corrected chi connectivity index (χ1v) is 7.47. The predicted molar refractivity (Wildman–Crippen MR) is 77.2 cm³/mol. The van der Waals surface area contributed by atoms with E-state index < -0.39 is 0 Å². The minimum atomic E-state index is -0.188. The van der Waals surface area contributed by atoms with Crippen LogP contribution < -0.4 is 0 Å². The van der Waals surface area contributed by atoms with Crippen molar-refractivity contribution < 1.29 is 19.4 Å². The van der Waals surface area contributed by atoms with Gasteiger partial charge in [-0.25, -0.2) is 0 Å². The Balaban J connectivity index is 1.73. The van der Waals surface area contributed by atoms with Crippen LogP contribution in [0.2, 0.25) is 0 Å². The molecule has 1 aromatic rings. The molecule has 0 radical (unpaired) electrons. The first kappa shape index (κ1) is 14.4. The molecule has 2 aliphatic heterocycles. The van der Waals surface area contributed by atoms with E-state index in [9.17, 15) is 9.90 Å². The highest BCUT2D eigenvalue weighted by atomic mass is 16.7. The zero-order valence-electron chi connectivity index (χ0n) is 12.2. The molecule has 1 atom stereocenters. The number of nitrogens with zero attached hydrogens (tertiary/aromatic N) is 1. The number of hydrogen-bond acceptors (Lipinski definition) is 4. The molecule has 5 heteroatoms. The van der Waals surface area contributed by atoms with Crippen LogP contribution in [0, 0.1) is 12.8 Å². The van der Waals surface area contributed by atoms with Gasteiger partial charge in [-0.3, -0.25) is 4.79 Å². The highest BCUT2D eigenvalue weighted by Gasteiger charge is 2.33. The Kier molecular flexibility index (Phi) is 4.12. The topological polar surface area (TPSA) is 59.0 Å². The highest BCUT2D eigenvalue weighted by Crippen LogP contribution is 2.27. The van der Waals surface area contributed by atoms with Crippen LogP contribution in [0.1, 0.15) is 28.8 Å². The van der Waals surface area contributed by atoms with Gasteiger partial charge in [0.1, 0.15) is 5.75 Å². The Morgan fingerprint density at radius 3 is 2.86 bits per heavy atom. The Hall–Kier alpha value is -1.59. The monoisotopic (exact) mass is 291 g/mol. The molecule has 1 amide bonds. The summed E-state index contributed by atoms with van der Waals surface area (Å²) in [5.74, 6) is 0.150. The standard InChI is InChI=1S/C16H21NO4/c1-11-4-5-14(18)13(9-11)15(19)17-6-2-3-12(10-17)16-20-7-8-21-16/h4-5,9,12,16,18H,2-3,6-8,10H2,1H3. The average molecular weight is 291 g/mol. The van der Waals surface area contributed by atoms with E-state index in [4.69, 9.17) is 9.47 Å². The number of likely N-dealkylation sites (tertiary alicyclic amines) is 1. The molecule has 5 nitrogen and oxygen atoms in total. The summed E-state index contributed by atoms with van der Waals surface area (Å²) >= 11 is 0. The maximum absolute atomic E-state index is 12.6. The van der Waals surface area contributed by atoms with E-state index in [1.54, 1.807) is 23.1 Å². The van der Waals surface area contributed by atoms with Crippen molar-refractivity contribution in [1.29, 1.82) is 0 Å². The van der Waals surface area contributed by atoms with Crippen molar-refractivity contribution in [3.05, 3.63) is 29.3 Å². The van der Waals surface area contributed by atoms with E-state index in [-0.39, 0.29) is 23.9 Å². The van der Waals surface area contributed by atoms with E-state index in [0.29, 0.717) is 25.3 Å². The molecule has 2 heterocycles. The number of phenols is 1. The fourth-order valence-electron chi connectivity index (χ4n) is 3.06. The molecule has 114 valence electrons. The second-order valence-electron chi connectivity index (χ2n) is 5.78. The summed E-state index contributed by atoms with van der Waals surface area (Å²) < 4.78 is 11.1. The van der Waals surface area contributed by atoms with Crippen molar-refractivity contribution in [3.8, 4) is 5.75 Å². The number of aromatic hydroxyl groups is 1. The first-order chi connectivity index (χ1) is 10.1. The number of carbonyl (C=O) groups is 1. The van der Waals surface area contributed by atoms with Gasteiger partial charge in [-0.2, -0.15) is 0 Å². The van der Waals surface area contributed by atoms with Crippen molar-refractivity contribution >= 4 is 5.91 Å². The number of piperidine rings is 1. The highest BCUT2D eigenvalue weighted by molar-refractivity contribution is 5.97. The fourth-order valence-corrected chi connectivity index (χ4v) is 3.06. The number of ether oxygens (including phenoxy) is 2. The van der Waals surface area contributed by atoms with Crippen LogP contribution in [0.3, 0.4) is 0 Å². The number of rotatable bonds is 2. The van der Waals surface area contributed by atoms with Crippen LogP contribution in [0.4, 0.5) is 0 Å². The zero-order valence-corrected chi connectivity index (χ0v) is 12.2. The van der Waals surface area contributed by atoms with Crippen LogP contribution in [0.5, 0.6) is 5.75 Å². The molecule has 21 heavy (non-hydrogen) atoms. The smallest absolute Gasteiger partial charge is 0.257 e. The lowest BCUT2D eigenvalue weighted by atomic mass is 9.96. The molecule has 0 spiro atoms. The third-order valence-electron chi connectivity index (χ3n) is 4.16. The van der Waals surface area contributed by atoms with Gasteiger partial charge in [0.15, 0.2) is 6.29 Å². The van der Waals surface area contributed by atoms with Crippen molar-refractivity contribution in [3.63, 3.8) is 0 Å². The van der Waals surface area contributed by atoms with Gasteiger partial charge in [-0.1, -0.05) is 11.6 Å². The first-order valence-electron chi connectivity index (χ1n) is 7.47. The van der Waals surface area contributed by atoms with Gasteiger partial charge in [-0.05, 0) is 31.9 Å². The minimum absolute atomic E-state index is 0.0427. The molecule has 3 rings (SSSR count). The van der Waals surface area contributed by atoms with Crippen molar-refractivity contribution in [2.45, 2.75) is 26.1 Å². The van der Waals surface area contributed by atoms with Gasteiger partial charge >= 0.3 is 0 Å². The van der Waals surface area contributed by atoms with Gasteiger partial charge in [0.25, 0.3) is 5.91 Å². The second-order valence-corrected chi connectivity index (χ2v) is 5.78. The van der Waals surface area contributed by atoms with Crippen LogP contribution in [-0.4, -0.2) is 48.5 Å². The maximum atomic E-state index is 12.6. The lowest BCUT2D eigenvalue weighted by molar-refractivity contribution is -0.0969. The van der Waals surface area contributed by atoms with E-state index in [0.717, 1.165) is 24.9 Å². The summed E-state index contributed by atoms with van der Waals surface area (Å²) in [6.45, 7) is 4.52. The summed E-state index contributed by atoms with van der Waals surface area (Å²) in [6.07, 6.45) is 1.76. The number of benzene rings is 1. The molecule has 2 saturated heterocycles. The van der Waals surface area contributed by atoms with E-state index >= 15 is 0 Å². The maximum Gasteiger partial charge on any atom is 0.257 e. The van der Waals surface area contributed by atoms with Gasteiger partial charge in [0, 0.05) is 19.0 Å². The molecule has 1 unspecified atom stereocenters. The third-order valence-corrected chi connectivity index (χ3v) is 4.16. The molecule has 1 aromatic carbocycles. The number of amides is 1. The molecule has 2 fully saturated rings. The van der Waals surface area contributed by atoms with Crippen LogP contribution in [0.15, 0.2) is 18.2 Å². The quantitative estimate of drug-likeness (QED) is 0.904. The normalized spacial score (nSPS) is 23.5. The molecule has 1 N–H and O–H groups in total. The van der Waals surface area contributed by atoms with Crippen LogP contribution in [-0.2, 0) is 9.47 Å². The van der Waals surface area contributed by atoms with Crippen molar-refractivity contribution in [2.24, 2.45) is 5.92 Å². The number of carbonyl (C=O) groups excluding carboxylic acids is 1. The molecule has 0 aliphatic carbocycles. The Morgan fingerprint density at radius 2 is 2.10 bits per heavy atom. The Bertz CT molecular complexity index is 525. The molecule has 0 saturated carbocycles. The van der Waals surface area contributed by atoms with Gasteiger partial charge in [0.2, 0.25) is 0 Å². The molecule has 0 bridgehead atoms. The van der Waals surface area contributed by atoms with Gasteiger partial charge < -0.3 is 19.5 Å². The predicted octanol–water partition coefficient (Wildman–Crippen LogP) is 1.93. The summed E-state index contributed by atoms with van der Waals surface area (Å²) in [5, 5.41) is 9.92. The molecule has 2 aliphatic rings. The third kappa shape index (κ3) is 3.04. The Morgan fingerprint density at radius 1 is 1.33 bits per heavy atom. The summed E-state index contributed by atoms with van der Waals surface area (Å²) in [6, 6.07) is 5.11. The van der Waals surface area contributed by atoms with E-state index in [2.05, 4.69) is 0 Å². The number of hydrogen-bond donors (Lipinski definition) is 1. The second kappa shape index (κ2) is 6.03. The SMILES string of the molecule is Cc1ccc(O)c(C(=O)N2CCCC(C3OCCO3)C2)c1. The van der Waals surface area contributed by atoms with Crippen molar-refractivity contribution in [2.75, 3.05) is 26.3 Å². The summed E-state index contributed by atoms with van der Waals surface area (Å²) in [5.41, 5.74) is 1.34. The summed E-state index contributed by atoms with van der Waals surface area (Å²) in [4.78, 5) is 14.4. The Labute approximate surface area is 124 Å². The largest absolute Gasteiger partial charge is 0.507 e. The number of aryl methyl sites for hydroxylation is 1. The zero-order chi connectivity index (χ0) is 14.8. The van der Waals surface area contributed by atoms with Gasteiger partial charge in [-0.15, -0.1) is 0 Å². The molecule has 0 aromatic heterocycles. The van der Waals surface area contributed by atoms with Crippen LogP contribution >= 0.6 is 0 Å². The minimum Gasteiger partial charge on any atom is -0.507 e. The van der Waals surface area contributed by atoms with E-state index in [1.807, 2.05) is 6.92 Å². The van der Waals surface area contributed by atoms with Crippen LogP contribution in [0.25, 0.3) is 0 Å². The van der Waals surface area contributed by atoms with E-state index in [1.165, 1.54) is 0 Å².